The lowest BCUT2D eigenvalue weighted by atomic mass is 10.1. The molecule has 0 unspecified atom stereocenters. The molecule has 0 saturated heterocycles. The van der Waals surface area contributed by atoms with Gasteiger partial charge < -0.3 is 15.0 Å². The molecule has 3 aromatic rings. The average Bonchev–Trinajstić information content (AvgIpc) is 3.04. The number of para-hydroxylation sites is 2. The third-order valence-electron chi connectivity index (χ3n) is 5.16. The normalized spacial score (nSPS) is 11.1. The summed E-state index contributed by atoms with van der Waals surface area (Å²) in [4.78, 5) is 24.4. The number of aryl methyl sites for hydroxylation is 2. The number of nitrogens with zero attached hydrogens (tertiary/aromatic N) is 2. The topological polar surface area (TPSA) is 95.1 Å². The number of hydrogen-bond acceptors (Lipinski definition) is 3. The van der Waals surface area contributed by atoms with Crippen LogP contribution in [-0.4, -0.2) is 21.6 Å². The maximum atomic E-state index is 12.7. The molecule has 2 N–H and O–H groups in total. The van der Waals surface area contributed by atoms with Crippen LogP contribution in [0.2, 0.25) is 0 Å². The number of benzene rings is 2. The number of aromatic carboxylic acids is 1. The first-order chi connectivity index (χ1) is 14.9. The molecule has 0 fully saturated rings. The summed E-state index contributed by atoms with van der Waals surface area (Å²) in [7, 11) is 0. The highest BCUT2D eigenvalue weighted by Gasteiger charge is 2.18. The van der Waals surface area contributed by atoms with Crippen LogP contribution in [0.25, 0.3) is 11.8 Å². The van der Waals surface area contributed by atoms with E-state index in [0.29, 0.717) is 16.9 Å². The van der Waals surface area contributed by atoms with Crippen LogP contribution < -0.4 is 5.32 Å². The van der Waals surface area contributed by atoms with Gasteiger partial charge in [0.15, 0.2) is 0 Å². The molecule has 0 atom stereocenters. The summed E-state index contributed by atoms with van der Waals surface area (Å²) in [5.74, 6) is -1.51. The summed E-state index contributed by atoms with van der Waals surface area (Å²) in [5.41, 5.74) is 4.55. The second kappa shape index (κ2) is 9.14. The third-order valence-corrected chi connectivity index (χ3v) is 5.16. The molecular formula is C25H23N3O3. The Morgan fingerprint density at radius 2 is 1.81 bits per heavy atom. The average molecular weight is 413 g/mol. The lowest BCUT2D eigenvalue weighted by Crippen LogP contribution is -2.14. The maximum Gasteiger partial charge on any atom is 0.337 e. The van der Waals surface area contributed by atoms with Crippen molar-refractivity contribution in [3.05, 3.63) is 88.2 Å². The van der Waals surface area contributed by atoms with Gasteiger partial charge in [-0.05, 0) is 61.7 Å². The van der Waals surface area contributed by atoms with Gasteiger partial charge in [-0.25, -0.2) is 4.79 Å². The number of nitrogens with one attached hydrogen (secondary N) is 1. The molecule has 1 aromatic heterocycles. The van der Waals surface area contributed by atoms with Crippen molar-refractivity contribution < 1.29 is 14.7 Å². The molecule has 2 aromatic carbocycles. The van der Waals surface area contributed by atoms with Gasteiger partial charge in [-0.15, -0.1) is 0 Å². The van der Waals surface area contributed by atoms with Gasteiger partial charge in [0.05, 0.1) is 11.3 Å². The fourth-order valence-corrected chi connectivity index (χ4v) is 3.60. The number of carbonyl (C=O) groups excluding carboxylic acids is 1. The van der Waals surface area contributed by atoms with E-state index in [1.165, 1.54) is 6.08 Å². The van der Waals surface area contributed by atoms with E-state index in [1.807, 2.05) is 55.7 Å². The zero-order valence-electron chi connectivity index (χ0n) is 17.6. The Kier molecular flexibility index (Phi) is 6.37. The summed E-state index contributed by atoms with van der Waals surface area (Å²) >= 11 is 0. The van der Waals surface area contributed by atoms with Crippen LogP contribution in [0.5, 0.6) is 0 Å². The van der Waals surface area contributed by atoms with Crippen molar-refractivity contribution in [2.45, 2.75) is 27.2 Å². The van der Waals surface area contributed by atoms with Crippen LogP contribution in [0, 0.1) is 25.2 Å². The fraction of sp³-hybridized carbons (Fsp3) is 0.160. The summed E-state index contributed by atoms with van der Waals surface area (Å²) in [6.07, 6.45) is 2.29. The molecule has 3 rings (SSSR count). The van der Waals surface area contributed by atoms with Crippen LogP contribution in [-0.2, 0) is 11.2 Å². The minimum atomic E-state index is -1.02. The van der Waals surface area contributed by atoms with Gasteiger partial charge in [-0.3, -0.25) is 4.79 Å². The first kappa shape index (κ1) is 21.6. The zero-order chi connectivity index (χ0) is 22.5. The molecule has 0 saturated carbocycles. The molecule has 6 nitrogen and oxygen atoms in total. The number of nitriles is 1. The molecule has 0 aliphatic rings. The van der Waals surface area contributed by atoms with Crippen molar-refractivity contribution in [3.8, 4) is 11.8 Å². The van der Waals surface area contributed by atoms with Gasteiger partial charge in [0.2, 0.25) is 0 Å². The van der Waals surface area contributed by atoms with E-state index in [1.54, 1.807) is 30.3 Å². The molecule has 0 aliphatic heterocycles. The monoisotopic (exact) mass is 413 g/mol. The van der Waals surface area contributed by atoms with E-state index in [-0.39, 0.29) is 11.1 Å². The molecule has 1 heterocycles. The molecule has 0 spiro atoms. The lowest BCUT2D eigenvalue weighted by molar-refractivity contribution is -0.112. The Hall–Kier alpha value is -4.11. The van der Waals surface area contributed by atoms with Gasteiger partial charge >= 0.3 is 5.97 Å². The molecule has 31 heavy (non-hydrogen) atoms. The predicted molar refractivity (Wildman–Crippen MR) is 120 cm³/mol. The molecule has 0 radical (unpaired) electrons. The highest BCUT2D eigenvalue weighted by atomic mass is 16.4. The van der Waals surface area contributed by atoms with Crippen molar-refractivity contribution in [2.75, 3.05) is 5.32 Å². The summed E-state index contributed by atoms with van der Waals surface area (Å²) in [6, 6.07) is 18.0. The smallest absolute Gasteiger partial charge is 0.337 e. The van der Waals surface area contributed by atoms with E-state index < -0.39 is 11.9 Å². The summed E-state index contributed by atoms with van der Waals surface area (Å²) in [6.45, 7) is 5.68. The van der Waals surface area contributed by atoms with Crippen LogP contribution in [0.4, 0.5) is 5.69 Å². The zero-order valence-corrected chi connectivity index (χ0v) is 17.6. The number of carboxylic acids is 1. The molecular weight excluding hydrogens is 390 g/mol. The number of carbonyl (C=O) groups is 2. The number of amides is 1. The highest BCUT2D eigenvalue weighted by Crippen LogP contribution is 2.25. The number of anilines is 1. The summed E-state index contributed by atoms with van der Waals surface area (Å²) < 4.78 is 1.81. The highest BCUT2D eigenvalue weighted by molar-refractivity contribution is 6.10. The minimum absolute atomic E-state index is 0.0299. The molecule has 0 aliphatic carbocycles. The fourth-order valence-electron chi connectivity index (χ4n) is 3.60. The maximum absolute atomic E-state index is 12.7. The predicted octanol–water partition coefficient (Wildman–Crippen LogP) is 4.90. The van der Waals surface area contributed by atoms with Crippen LogP contribution >= 0.6 is 0 Å². The van der Waals surface area contributed by atoms with Gasteiger partial charge in [-0.1, -0.05) is 37.3 Å². The second-order valence-electron chi connectivity index (χ2n) is 7.12. The Morgan fingerprint density at radius 1 is 1.13 bits per heavy atom. The van der Waals surface area contributed by atoms with E-state index in [2.05, 4.69) is 5.32 Å². The Labute approximate surface area is 181 Å². The Balaban J connectivity index is 2.00. The first-order valence-electron chi connectivity index (χ1n) is 9.90. The Morgan fingerprint density at radius 3 is 2.48 bits per heavy atom. The van der Waals surface area contributed by atoms with Crippen molar-refractivity contribution in [1.82, 2.24) is 4.57 Å². The van der Waals surface area contributed by atoms with Crippen LogP contribution in [0.3, 0.4) is 0 Å². The number of aromatic nitrogens is 1. The van der Waals surface area contributed by atoms with Crippen molar-refractivity contribution in [1.29, 1.82) is 5.26 Å². The van der Waals surface area contributed by atoms with Gasteiger partial charge in [0.1, 0.15) is 11.6 Å². The second-order valence-corrected chi connectivity index (χ2v) is 7.12. The van der Waals surface area contributed by atoms with E-state index in [0.717, 1.165) is 23.4 Å². The lowest BCUT2D eigenvalue weighted by Gasteiger charge is -2.12. The third kappa shape index (κ3) is 4.41. The van der Waals surface area contributed by atoms with Gasteiger partial charge in [-0.2, -0.15) is 5.26 Å². The van der Waals surface area contributed by atoms with Crippen molar-refractivity contribution in [2.24, 2.45) is 0 Å². The largest absolute Gasteiger partial charge is 0.478 e. The van der Waals surface area contributed by atoms with Crippen LogP contribution in [0.15, 0.2) is 60.2 Å². The standard InChI is InChI=1S/C25H23N3O3/c1-4-18-9-5-7-11-22(18)27-24(29)20(15-26)14-19-13-16(2)28(17(19)3)23-12-8-6-10-21(23)25(30)31/h5-14H,4H2,1-3H3,(H,27,29)(H,30,31)/b20-14-. The van der Waals surface area contributed by atoms with Gasteiger partial charge in [0.25, 0.3) is 5.91 Å². The number of rotatable bonds is 6. The number of hydrogen-bond donors (Lipinski definition) is 2. The molecule has 156 valence electrons. The minimum Gasteiger partial charge on any atom is -0.478 e. The quantitative estimate of drug-likeness (QED) is 0.444. The van der Waals surface area contributed by atoms with E-state index >= 15 is 0 Å². The van der Waals surface area contributed by atoms with Gasteiger partial charge in [0, 0.05) is 17.1 Å². The van der Waals surface area contributed by atoms with Crippen LogP contribution in [0.1, 0.15) is 39.8 Å². The first-order valence-corrected chi connectivity index (χ1v) is 9.90. The molecule has 1 amide bonds. The Bertz CT molecular complexity index is 1230. The number of carboxylic acid groups (broad SMARTS) is 1. The SMILES string of the molecule is CCc1ccccc1NC(=O)/C(C#N)=C\c1cc(C)n(-c2ccccc2C(=O)O)c1C. The molecule has 0 bridgehead atoms. The van der Waals surface area contributed by atoms with E-state index in [4.69, 9.17) is 0 Å². The summed E-state index contributed by atoms with van der Waals surface area (Å²) in [5, 5.41) is 21.9. The van der Waals surface area contributed by atoms with Crippen molar-refractivity contribution in [3.63, 3.8) is 0 Å². The van der Waals surface area contributed by atoms with E-state index in [9.17, 15) is 20.0 Å². The van der Waals surface area contributed by atoms with Crippen molar-refractivity contribution >= 4 is 23.6 Å². The molecule has 6 heteroatoms.